The smallest absolute Gasteiger partial charge is 0.399 e. The van der Waals surface area contributed by atoms with Gasteiger partial charge in [-0.2, -0.15) is 22.9 Å². The first kappa shape index (κ1) is 94.3. The highest BCUT2D eigenvalue weighted by atomic mass is 32.2. The van der Waals surface area contributed by atoms with Crippen LogP contribution in [-0.4, -0.2) is 155 Å². The van der Waals surface area contributed by atoms with Gasteiger partial charge in [-0.15, -0.1) is 0 Å². The third-order valence-electron chi connectivity index (χ3n) is 29.4. The number of nitrogens with zero attached hydrogens (tertiary/aromatic N) is 9. The summed E-state index contributed by atoms with van der Waals surface area (Å²) in [6.45, 7) is 52.3. The molecule has 0 amide bonds. The Morgan fingerprint density at radius 1 is 0.354 bits per heavy atom. The van der Waals surface area contributed by atoms with Crippen LogP contribution in [0, 0.1) is 26.7 Å². The molecule has 7 fully saturated rings. The van der Waals surface area contributed by atoms with E-state index in [0.29, 0.717) is 18.6 Å². The summed E-state index contributed by atoms with van der Waals surface area (Å²) in [6.07, 6.45) is 21.8. The van der Waals surface area contributed by atoms with Gasteiger partial charge in [0.15, 0.2) is 0 Å². The molecule has 0 unspecified atom stereocenters. The first-order chi connectivity index (χ1) is 61.2. The van der Waals surface area contributed by atoms with Crippen molar-refractivity contribution < 1.29 is 55.0 Å². The molecular weight excluding hydrogens is 1640 g/mol. The van der Waals surface area contributed by atoms with Crippen LogP contribution >= 0.6 is 0 Å². The Bertz CT molecular complexity index is 6020. The van der Waals surface area contributed by atoms with Crippen molar-refractivity contribution in [3.63, 3.8) is 0 Å². The van der Waals surface area contributed by atoms with E-state index < -0.39 is 28.5 Å². The fraction of sp³-hybridized carbons (Fsp3) is 0.466. The van der Waals surface area contributed by atoms with E-state index in [2.05, 4.69) is 298 Å². The Hall–Kier alpha value is -8.92. The number of aryl methyl sites for hydroxylation is 3. The topological polar surface area (TPSA) is 193 Å². The van der Waals surface area contributed by atoms with Crippen molar-refractivity contribution in [1.82, 2.24) is 42.0 Å². The minimum Gasteiger partial charge on any atom is -0.399 e. The lowest BCUT2D eigenvalue weighted by molar-refractivity contribution is 0.00578. The highest BCUT2D eigenvalue weighted by Gasteiger charge is 2.56. The summed E-state index contributed by atoms with van der Waals surface area (Å²) >= 11 is 0. The lowest BCUT2D eigenvalue weighted by atomic mass is 9.78. The zero-order valence-electron chi connectivity index (χ0n) is 80.8. The van der Waals surface area contributed by atoms with Crippen molar-refractivity contribution in [3.05, 3.63) is 240 Å². The van der Waals surface area contributed by atoms with Gasteiger partial charge in [-0.3, -0.25) is 9.36 Å². The van der Waals surface area contributed by atoms with Crippen LogP contribution in [0.25, 0.3) is 54.6 Å². The van der Waals surface area contributed by atoms with Gasteiger partial charge in [-0.1, -0.05) is 164 Å². The molecule has 0 spiro atoms. The Balaban J connectivity index is 0.000000119. The Morgan fingerprint density at radius 3 is 1.20 bits per heavy atom. The molecule has 682 valence electrons. The highest BCUT2D eigenvalue weighted by molar-refractivity contribution is 7.87. The van der Waals surface area contributed by atoms with Crippen LogP contribution in [0.3, 0.4) is 0 Å². The van der Waals surface area contributed by atoms with Crippen LogP contribution in [0.2, 0.25) is 0 Å². The van der Waals surface area contributed by atoms with Crippen molar-refractivity contribution in [2.45, 2.75) is 293 Å². The maximum Gasteiger partial charge on any atom is 0.496 e. The van der Waals surface area contributed by atoms with Gasteiger partial charge in [-0.05, 0) is 283 Å². The quantitative estimate of drug-likeness (QED) is 0.0879. The van der Waals surface area contributed by atoms with Crippen molar-refractivity contribution in [2.75, 3.05) is 13.1 Å². The zero-order valence-corrected chi connectivity index (χ0v) is 81.6. The van der Waals surface area contributed by atoms with E-state index >= 15 is 0 Å². The third kappa shape index (κ3) is 19.9. The SMILES string of the molecule is CC1(C)OB(c2ccc3c(ccn3CC3CCCCC3)c2)OC1(C)C.CC1(C)OB(c2ccc3c(ccn3S(=O)(=O)N3CCCCC3)c2)OC1(C)C.Cc1ccc(Cn2cc3cc(B4OC(C)(C)C(C)(C)O4)ccc3n2)cc1.Cc1ccc(Cn2ccc3cc(B4OC(C)(C)C(C)(C)O4)cnc32)cc1.Cc1ccc(Cn2ncc3cc(B4OC(C)(C)C(C)(C)O4)ccc32)cc1. The first-order valence-corrected chi connectivity index (χ1v) is 48.1. The molecule has 0 N–H and O–H groups in total. The van der Waals surface area contributed by atoms with Gasteiger partial charge in [0.2, 0.25) is 0 Å². The number of rotatable bonds is 15. The molecule has 1 aliphatic carbocycles. The number of pyridine rings is 1. The molecule has 21 nitrogen and oxygen atoms in total. The molecule has 0 atom stereocenters. The van der Waals surface area contributed by atoms with Crippen molar-refractivity contribution in [3.8, 4) is 0 Å². The van der Waals surface area contributed by atoms with Gasteiger partial charge >= 0.3 is 45.8 Å². The summed E-state index contributed by atoms with van der Waals surface area (Å²) in [4.78, 5) is 4.70. The van der Waals surface area contributed by atoms with E-state index in [1.54, 1.807) is 10.5 Å². The lowest BCUT2D eigenvalue weighted by Gasteiger charge is -2.32. The van der Waals surface area contributed by atoms with Crippen molar-refractivity contribution >= 4 is 128 Å². The van der Waals surface area contributed by atoms with Gasteiger partial charge in [-0.25, -0.2) is 8.96 Å². The second-order valence-corrected chi connectivity index (χ2v) is 43.8. The number of hydrogen-bond donors (Lipinski definition) is 0. The summed E-state index contributed by atoms with van der Waals surface area (Å²) in [5.74, 6) is 0.840. The fourth-order valence-electron chi connectivity index (χ4n) is 17.5. The molecule has 0 bridgehead atoms. The molecular formula is C103H132B5N9O12S. The van der Waals surface area contributed by atoms with Crippen LogP contribution in [0.5, 0.6) is 0 Å². The summed E-state index contributed by atoms with van der Waals surface area (Å²) in [6, 6.07) is 58.9. The van der Waals surface area contributed by atoms with Crippen LogP contribution < -0.4 is 27.3 Å². The molecule has 6 aliphatic heterocycles. The second kappa shape index (κ2) is 36.1. The predicted octanol–water partition coefficient (Wildman–Crippen LogP) is 18.1. The minimum atomic E-state index is -3.53. The molecule has 20 rings (SSSR count). The van der Waals surface area contributed by atoms with Gasteiger partial charge in [0.05, 0.1) is 91.8 Å². The third-order valence-corrected chi connectivity index (χ3v) is 31.3. The number of aromatic nitrogens is 8. The molecule has 13 aromatic rings. The Labute approximate surface area is 772 Å². The molecule has 6 aromatic heterocycles. The Morgan fingerprint density at radius 2 is 0.723 bits per heavy atom. The standard InChI is InChI=1S/3C21H25BN2O2.C21H30BNO2.C19H27BN2O4S/c1-15-6-8-16(9-7-15)14-24-19-11-10-18(12-17(19)13-23-24)22-25-20(2,3)21(4,5)26-22;1-15-6-8-16(9-7-15)14-24-11-10-17-12-18(13-23-19(17)24)22-25-20(2,3)21(4,5)26-22;1-15-6-8-16(9-7-15)13-24-14-17-12-18(10-11-19(17)23-24)22-25-20(2,3)21(4,5)26-22;1-20(2)21(3,4)25-22(24-20)18-10-11-19-17(14-18)12-13-23(19)15-16-8-6-5-7-9-16;1-18(2)19(3,4)26-20(25-18)16-8-9-17-15(14-16)10-13-22(17)27(23,24)21-11-6-5-7-12-21/h2*6-13H,14H2,1-5H3;6-12,14H,13H2,1-5H3;10-14,16H,5-9,15H2,1-4H3;8-10,13-14H,5-7,11-12H2,1-4H3. The van der Waals surface area contributed by atoms with Crippen LogP contribution in [0.15, 0.2) is 207 Å². The molecule has 7 aliphatic rings. The van der Waals surface area contributed by atoms with Gasteiger partial charge in [0.1, 0.15) is 5.65 Å². The van der Waals surface area contributed by atoms with E-state index in [9.17, 15) is 8.42 Å². The average molecular weight is 1770 g/mol. The molecule has 27 heteroatoms. The van der Waals surface area contributed by atoms with E-state index in [-0.39, 0.29) is 73.3 Å². The van der Waals surface area contributed by atoms with Crippen molar-refractivity contribution in [1.29, 1.82) is 0 Å². The largest absolute Gasteiger partial charge is 0.496 e. The summed E-state index contributed by atoms with van der Waals surface area (Å²) in [5, 5.41) is 14.7. The normalized spacial score (nSPS) is 20.5. The number of benzene rings is 7. The van der Waals surface area contributed by atoms with Crippen LogP contribution in [0.4, 0.5) is 0 Å². The van der Waals surface area contributed by atoms with Crippen molar-refractivity contribution in [2.24, 2.45) is 5.92 Å². The minimum absolute atomic E-state index is 0.281. The monoisotopic (exact) mass is 1770 g/mol. The summed E-state index contributed by atoms with van der Waals surface area (Å²) in [5.41, 5.74) is 14.3. The summed E-state index contributed by atoms with van der Waals surface area (Å²) < 4.78 is 99.2. The van der Waals surface area contributed by atoms with E-state index in [1.165, 1.54) is 80.4 Å². The number of hydrogen-bond acceptors (Lipinski definition) is 15. The van der Waals surface area contributed by atoms with Crippen LogP contribution in [-0.2, 0) is 82.9 Å². The number of piperidine rings is 1. The maximum atomic E-state index is 13.0. The van der Waals surface area contributed by atoms with Gasteiger partial charge < -0.3 is 55.7 Å². The number of fused-ring (bicyclic) bond motifs is 5. The van der Waals surface area contributed by atoms with E-state index in [1.807, 2.05) is 85.9 Å². The van der Waals surface area contributed by atoms with Gasteiger partial charge in [0.25, 0.3) is 0 Å². The van der Waals surface area contributed by atoms with E-state index in [0.717, 1.165) is 117 Å². The molecule has 6 saturated heterocycles. The average Bonchev–Trinajstić information content (AvgIpc) is 1.36. The van der Waals surface area contributed by atoms with Gasteiger partial charge in [0, 0.05) is 89.7 Å². The molecule has 12 heterocycles. The lowest BCUT2D eigenvalue weighted by Crippen LogP contribution is -2.41. The second-order valence-electron chi connectivity index (χ2n) is 42.0. The predicted molar refractivity (Wildman–Crippen MR) is 529 cm³/mol. The first-order valence-electron chi connectivity index (χ1n) is 46.7. The molecule has 1 saturated carbocycles. The Kier molecular flexibility index (Phi) is 26.2. The maximum absolute atomic E-state index is 13.0. The fourth-order valence-corrected chi connectivity index (χ4v) is 19.1. The zero-order chi connectivity index (χ0) is 92.7. The molecule has 130 heavy (non-hydrogen) atoms. The summed E-state index contributed by atoms with van der Waals surface area (Å²) in [7, 11) is -5.33. The highest BCUT2D eigenvalue weighted by Crippen LogP contribution is 2.42. The molecule has 0 radical (unpaired) electrons. The van der Waals surface area contributed by atoms with E-state index in [4.69, 9.17) is 56.6 Å². The van der Waals surface area contributed by atoms with Crippen LogP contribution in [0.1, 0.15) is 223 Å². The molecule has 7 aromatic carbocycles.